The zero-order valence-electron chi connectivity index (χ0n) is 13.0. The number of anilines is 1. The number of fused-ring (bicyclic) bond motifs is 1. The van der Waals surface area contributed by atoms with Gasteiger partial charge in [0.15, 0.2) is 9.84 Å². The molecule has 0 N–H and O–H groups in total. The third kappa shape index (κ3) is 2.57. The molecule has 1 saturated heterocycles. The first-order valence-corrected chi connectivity index (χ1v) is 9.70. The average molecular weight is 333 g/mol. The number of aromatic nitrogens is 2. The lowest BCUT2D eigenvalue weighted by atomic mass is 9.79. The Bertz CT molecular complexity index is 862. The fourth-order valence-corrected chi connectivity index (χ4v) is 4.05. The number of hydrogen-bond acceptors (Lipinski definition) is 6. The van der Waals surface area contributed by atoms with Gasteiger partial charge < -0.3 is 9.64 Å². The first kappa shape index (κ1) is 14.8. The summed E-state index contributed by atoms with van der Waals surface area (Å²) >= 11 is 0. The Morgan fingerprint density at radius 1 is 1.26 bits per heavy atom. The third-order valence-electron chi connectivity index (χ3n) is 4.83. The lowest BCUT2D eigenvalue weighted by Gasteiger charge is -2.48. The molecule has 6 nitrogen and oxygen atoms in total. The smallest absolute Gasteiger partial charge is 0.175 e. The zero-order valence-corrected chi connectivity index (χ0v) is 13.8. The highest BCUT2D eigenvalue weighted by Crippen LogP contribution is 2.39. The molecular formula is C16H19N3O3S. The van der Waals surface area contributed by atoms with Crippen LogP contribution < -0.4 is 4.90 Å². The normalized spacial score (nSPS) is 20.7. The number of hydrogen-bond donors (Lipinski definition) is 0. The van der Waals surface area contributed by atoms with Gasteiger partial charge in [-0.15, -0.1) is 0 Å². The summed E-state index contributed by atoms with van der Waals surface area (Å²) in [7, 11) is -3.26. The van der Waals surface area contributed by atoms with Crippen LogP contribution in [0, 0.1) is 0 Å². The molecule has 0 radical (unpaired) electrons. The van der Waals surface area contributed by atoms with Crippen LogP contribution in [0.3, 0.4) is 0 Å². The van der Waals surface area contributed by atoms with E-state index in [-0.39, 0.29) is 5.60 Å². The largest absolute Gasteiger partial charge is 0.371 e. The van der Waals surface area contributed by atoms with Crippen molar-refractivity contribution in [2.75, 3.05) is 30.9 Å². The number of sulfone groups is 1. The van der Waals surface area contributed by atoms with Crippen molar-refractivity contribution >= 4 is 26.6 Å². The molecule has 4 rings (SSSR count). The van der Waals surface area contributed by atoms with Gasteiger partial charge in [0.1, 0.15) is 12.1 Å². The van der Waals surface area contributed by atoms with Crippen LogP contribution in [-0.4, -0.2) is 49.9 Å². The second kappa shape index (κ2) is 5.14. The predicted octanol–water partition coefficient (Wildman–Crippen LogP) is 1.79. The van der Waals surface area contributed by atoms with E-state index < -0.39 is 9.84 Å². The summed E-state index contributed by atoms with van der Waals surface area (Å²) in [4.78, 5) is 11.2. The molecule has 1 spiro atoms. The molecule has 0 unspecified atom stereocenters. The molecule has 1 aliphatic heterocycles. The average Bonchev–Trinajstić information content (AvgIpc) is 2.51. The molecule has 1 aromatic carbocycles. The summed E-state index contributed by atoms with van der Waals surface area (Å²) in [6.07, 6.45) is 6.13. The Labute approximate surface area is 135 Å². The van der Waals surface area contributed by atoms with Gasteiger partial charge in [0.05, 0.1) is 22.6 Å². The van der Waals surface area contributed by atoms with Crippen LogP contribution in [-0.2, 0) is 14.6 Å². The monoisotopic (exact) mass is 333 g/mol. The molecule has 2 fully saturated rings. The molecule has 2 aliphatic rings. The number of nitrogens with zero attached hydrogens (tertiary/aromatic N) is 3. The highest BCUT2D eigenvalue weighted by Gasteiger charge is 2.42. The molecule has 0 bridgehead atoms. The number of benzene rings is 1. The Morgan fingerprint density at radius 3 is 2.78 bits per heavy atom. The van der Waals surface area contributed by atoms with Crippen LogP contribution in [0.25, 0.3) is 10.9 Å². The molecule has 1 aromatic heterocycles. The third-order valence-corrected chi connectivity index (χ3v) is 5.94. The van der Waals surface area contributed by atoms with Crippen molar-refractivity contribution in [1.29, 1.82) is 0 Å². The van der Waals surface area contributed by atoms with Crippen molar-refractivity contribution < 1.29 is 13.2 Å². The Balaban J connectivity index is 1.79. The molecule has 2 aromatic rings. The summed E-state index contributed by atoms with van der Waals surface area (Å²) in [6, 6.07) is 5.03. The molecule has 0 atom stereocenters. The second-order valence-electron chi connectivity index (χ2n) is 6.45. The van der Waals surface area contributed by atoms with E-state index in [0.717, 1.165) is 42.7 Å². The summed E-state index contributed by atoms with van der Waals surface area (Å²) < 4.78 is 29.7. The summed E-state index contributed by atoms with van der Waals surface area (Å²) in [6.45, 7) is 2.25. The molecule has 1 saturated carbocycles. The van der Waals surface area contributed by atoms with E-state index in [2.05, 4.69) is 14.9 Å². The van der Waals surface area contributed by atoms with Gasteiger partial charge in [0.25, 0.3) is 0 Å². The van der Waals surface area contributed by atoms with Crippen molar-refractivity contribution in [3.63, 3.8) is 0 Å². The predicted molar refractivity (Wildman–Crippen MR) is 87.4 cm³/mol. The Kier molecular flexibility index (Phi) is 3.32. The molecule has 122 valence electrons. The molecule has 1 aliphatic carbocycles. The topological polar surface area (TPSA) is 72.4 Å². The van der Waals surface area contributed by atoms with Gasteiger partial charge in [-0.3, -0.25) is 0 Å². The van der Waals surface area contributed by atoms with Gasteiger partial charge in [-0.05, 0) is 37.5 Å². The van der Waals surface area contributed by atoms with Gasteiger partial charge in [-0.25, -0.2) is 18.4 Å². The summed E-state index contributed by atoms with van der Waals surface area (Å²) in [5, 5.41) is 0.784. The van der Waals surface area contributed by atoms with E-state index in [1.807, 2.05) is 0 Å². The fraction of sp³-hybridized carbons (Fsp3) is 0.500. The van der Waals surface area contributed by atoms with Crippen molar-refractivity contribution in [3.8, 4) is 0 Å². The minimum Gasteiger partial charge on any atom is -0.371 e. The molecule has 0 amide bonds. The van der Waals surface area contributed by atoms with Gasteiger partial charge in [0, 0.05) is 24.7 Å². The van der Waals surface area contributed by atoms with Crippen molar-refractivity contribution in [2.45, 2.75) is 29.8 Å². The summed E-state index contributed by atoms with van der Waals surface area (Å²) in [5.41, 5.74) is 0.723. The maximum Gasteiger partial charge on any atom is 0.175 e. The number of ether oxygens (including phenoxy) is 1. The molecular weight excluding hydrogens is 314 g/mol. The van der Waals surface area contributed by atoms with Crippen LogP contribution in [0.2, 0.25) is 0 Å². The molecule has 7 heteroatoms. The number of morpholine rings is 1. The van der Waals surface area contributed by atoms with E-state index in [1.54, 1.807) is 24.5 Å². The quantitative estimate of drug-likeness (QED) is 0.834. The lowest BCUT2D eigenvalue weighted by Crippen LogP contribution is -2.56. The maximum atomic E-state index is 11.8. The van der Waals surface area contributed by atoms with Crippen LogP contribution >= 0.6 is 0 Å². The van der Waals surface area contributed by atoms with Gasteiger partial charge >= 0.3 is 0 Å². The first-order valence-electron chi connectivity index (χ1n) is 7.81. The van der Waals surface area contributed by atoms with E-state index in [9.17, 15) is 8.42 Å². The molecule has 2 heterocycles. The Hall–Kier alpha value is -1.73. The van der Waals surface area contributed by atoms with E-state index in [1.165, 1.54) is 12.7 Å². The minimum atomic E-state index is -3.26. The SMILES string of the molecule is CS(=O)(=O)c1ccc2ncnc(N3CCOC4(CCC4)C3)c2c1. The maximum absolute atomic E-state index is 11.8. The van der Waals surface area contributed by atoms with Crippen LogP contribution in [0.4, 0.5) is 5.82 Å². The van der Waals surface area contributed by atoms with E-state index >= 15 is 0 Å². The van der Waals surface area contributed by atoms with Gasteiger partial charge in [-0.2, -0.15) is 0 Å². The minimum absolute atomic E-state index is 0.0377. The van der Waals surface area contributed by atoms with E-state index in [4.69, 9.17) is 4.74 Å². The van der Waals surface area contributed by atoms with Crippen LogP contribution in [0.15, 0.2) is 29.4 Å². The lowest BCUT2D eigenvalue weighted by molar-refractivity contribution is -0.106. The fourth-order valence-electron chi connectivity index (χ4n) is 3.40. The van der Waals surface area contributed by atoms with Gasteiger partial charge in [-0.1, -0.05) is 0 Å². The van der Waals surface area contributed by atoms with Crippen molar-refractivity contribution in [1.82, 2.24) is 9.97 Å². The second-order valence-corrected chi connectivity index (χ2v) is 8.47. The molecule has 23 heavy (non-hydrogen) atoms. The van der Waals surface area contributed by atoms with Crippen LogP contribution in [0.1, 0.15) is 19.3 Å². The van der Waals surface area contributed by atoms with Gasteiger partial charge in [0.2, 0.25) is 0 Å². The standard InChI is InChI=1S/C16H19N3O3S/c1-23(20,21)12-3-4-14-13(9-12)15(18-11-17-14)19-7-8-22-16(10-19)5-2-6-16/h3-4,9,11H,2,5-8,10H2,1H3. The van der Waals surface area contributed by atoms with Crippen LogP contribution in [0.5, 0.6) is 0 Å². The first-order chi connectivity index (χ1) is 11.0. The summed E-state index contributed by atoms with van der Waals surface area (Å²) in [5.74, 6) is 0.801. The zero-order chi connectivity index (χ0) is 16.1. The Morgan fingerprint density at radius 2 is 2.09 bits per heavy atom. The highest BCUT2D eigenvalue weighted by atomic mass is 32.2. The van der Waals surface area contributed by atoms with E-state index in [0.29, 0.717) is 11.5 Å². The highest BCUT2D eigenvalue weighted by molar-refractivity contribution is 7.90. The number of rotatable bonds is 2. The van der Waals surface area contributed by atoms with Crippen molar-refractivity contribution in [3.05, 3.63) is 24.5 Å². The van der Waals surface area contributed by atoms with Crippen molar-refractivity contribution in [2.24, 2.45) is 0 Å².